The van der Waals surface area contributed by atoms with E-state index in [9.17, 15) is 0 Å². The Morgan fingerprint density at radius 2 is 1.69 bits per heavy atom. The highest BCUT2D eigenvalue weighted by atomic mass is 16.5. The van der Waals surface area contributed by atoms with Gasteiger partial charge in [-0.1, -0.05) is 12.1 Å². The van der Waals surface area contributed by atoms with E-state index in [0.29, 0.717) is 19.0 Å². The number of nitrogens with two attached hydrogens (primary N) is 1. The third kappa shape index (κ3) is 2.46. The lowest BCUT2D eigenvalue weighted by Gasteiger charge is -2.27. The van der Waals surface area contributed by atoms with Crippen LogP contribution in [0.3, 0.4) is 0 Å². The molecule has 0 bridgehead atoms. The van der Waals surface area contributed by atoms with E-state index in [2.05, 4.69) is 4.90 Å². The van der Waals surface area contributed by atoms with Crippen molar-refractivity contribution in [1.82, 2.24) is 9.97 Å². The smallest absolute Gasteiger partial charge is 0.196 e. The van der Waals surface area contributed by atoms with Gasteiger partial charge < -0.3 is 19.8 Å². The average Bonchev–Trinajstić information content (AvgIpc) is 3.07. The van der Waals surface area contributed by atoms with Crippen LogP contribution in [0, 0.1) is 0 Å². The summed E-state index contributed by atoms with van der Waals surface area (Å²) in [6.07, 6.45) is 0. The highest BCUT2D eigenvalue weighted by Crippen LogP contribution is 2.35. The molecule has 4 aromatic rings. The van der Waals surface area contributed by atoms with Gasteiger partial charge in [-0.3, -0.25) is 0 Å². The lowest BCUT2D eigenvalue weighted by molar-refractivity contribution is 0.122. The van der Waals surface area contributed by atoms with E-state index in [-0.39, 0.29) is 0 Å². The Kier molecular flexibility index (Phi) is 3.50. The molecule has 0 spiro atoms. The number of nitrogen functional groups attached to an aromatic ring is 1. The quantitative estimate of drug-likeness (QED) is 0.560. The Hall–Kier alpha value is -3.12. The number of anilines is 2. The predicted octanol–water partition coefficient (Wildman–Crippen LogP) is 3.46. The van der Waals surface area contributed by atoms with Gasteiger partial charge in [-0.05, 0) is 36.4 Å². The third-order valence-corrected chi connectivity index (χ3v) is 4.68. The molecule has 2 aromatic heterocycles. The second kappa shape index (κ2) is 6.00. The van der Waals surface area contributed by atoms with E-state index in [4.69, 9.17) is 24.9 Å². The summed E-state index contributed by atoms with van der Waals surface area (Å²) in [5.74, 6) is 1.49. The van der Waals surface area contributed by atoms with Gasteiger partial charge in [-0.25, -0.2) is 9.97 Å². The standard InChI is InChI=1S/C20H18N4O2/c21-14-7-5-13(6-8-14)19-22-17-15-3-1-2-4-16(15)26-18(17)20(23-19)24-9-11-25-12-10-24/h1-8H,9-12,21H2. The summed E-state index contributed by atoms with van der Waals surface area (Å²) in [5, 5.41) is 0.996. The molecule has 0 saturated carbocycles. The number of hydrogen-bond acceptors (Lipinski definition) is 6. The van der Waals surface area contributed by atoms with E-state index in [1.54, 1.807) is 0 Å². The lowest BCUT2D eigenvalue weighted by atomic mass is 10.2. The molecule has 0 aliphatic carbocycles. The van der Waals surface area contributed by atoms with Crippen molar-refractivity contribution in [3.05, 3.63) is 48.5 Å². The van der Waals surface area contributed by atoms with Crippen LogP contribution in [-0.4, -0.2) is 36.3 Å². The maximum atomic E-state index is 6.12. The van der Waals surface area contributed by atoms with E-state index < -0.39 is 0 Å². The van der Waals surface area contributed by atoms with Gasteiger partial charge in [0.2, 0.25) is 0 Å². The molecule has 1 fully saturated rings. The summed E-state index contributed by atoms with van der Waals surface area (Å²) in [6.45, 7) is 2.93. The van der Waals surface area contributed by atoms with Gasteiger partial charge in [0.05, 0.1) is 13.2 Å². The minimum atomic E-state index is 0.672. The summed E-state index contributed by atoms with van der Waals surface area (Å²) in [6, 6.07) is 15.6. The zero-order valence-corrected chi connectivity index (χ0v) is 14.2. The fourth-order valence-corrected chi connectivity index (χ4v) is 3.33. The number of para-hydroxylation sites is 1. The van der Waals surface area contributed by atoms with Gasteiger partial charge >= 0.3 is 0 Å². The van der Waals surface area contributed by atoms with Gasteiger partial charge in [-0.15, -0.1) is 0 Å². The number of nitrogens with zero attached hydrogens (tertiary/aromatic N) is 3. The van der Waals surface area contributed by atoms with Crippen LogP contribution in [0.2, 0.25) is 0 Å². The first kappa shape index (κ1) is 15.2. The molecule has 0 radical (unpaired) electrons. The lowest BCUT2D eigenvalue weighted by Crippen LogP contribution is -2.37. The van der Waals surface area contributed by atoms with Gasteiger partial charge in [0.25, 0.3) is 0 Å². The van der Waals surface area contributed by atoms with Crippen LogP contribution in [0.1, 0.15) is 0 Å². The van der Waals surface area contributed by atoms with Crippen molar-refractivity contribution < 1.29 is 9.15 Å². The fourth-order valence-electron chi connectivity index (χ4n) is 3.33. The maximum Gasteiger partial charge on any atom is 0.196 e. The monoisotopic (exact) mass is 346 g/mol. The molecule has 5 rings (SSSR count). The molecule has 0 unspecified atom stereocenters. The van der Waals surface area contributed by atoms with Gasteiger partial charge in [-0.2, -0.15) is 0 Å². The largest absolute Gasteiger partial charge is 0.450 e. The average molecular weight is 346 g/mol. The van der Waals surface area contributed by atoms with Gasteiger partial charge in [0, 0.05) is 29.7 Å². The molecule has 1 aliphatic heterocycles. The van der Waals surface area contributed by atoms with Crippen molar-refractivity contribution in [2.45, 2.75) is 0 Å². The minimum absolute atomic E-state index is 0.672. The molecule has 6 nitrogen and oxygen atoms in total. The molecule has 3 heterocycles. The number of fused-ring (bicyclic) bond motifs is 3. The van der Waals surface area contributed by atoms with Crippen LogP contribution >= 0.6 is 0 Å². The van der Waals surface area contributed by atoms with Crippen molar-refractivity contribution >= 4 is 33.6 Å². The Balaban J connectivity index is 1.77. The SMILES string of the molecule is Nc1ccc(-c2nc(N3CCOCC3)c3oc4ccccc4c3n2)cc1. The highest BCUT2D eigenvalue weighted by Gasteiger charge is 2.22. The van der Waals surface area contributed by atoms with Crippen LogP contribution in [0.15, 0.2) is 52.9 Å². The Morgan fingerprint density at radius 3 is 2.50 bits per heavy atom. The van der Waals surface area contributed by atoms with Crippen molar-refractivity contribution in [3.8, 4) is 11.4 Å². The molecule has 1 saturated heterocycles. The third-order valence-electron chi connectivity index (χ3n) is 4.68. The Bertz CT molecular complexity index is 1080. The van der Waals surface area contributed by atoms with E-state index in [1.165, 1.54) is 0 Å². The normalized spacial score (nSPS) is 15.0. The van der Waals surface area contributed by atoms with E-state index in [1.807, 2.05) is 48.5 Å². The molecule has 2 aromatic carbocycles. The van der Waals surface area contributed by atoms with Crippen molar-refractivity contribution in [2.24, 2.45) is 0 Å². The van der Waals surface area contributed by atoms with Gasteiger partial charge in [0.1, 0.15) is 11.1 Å². The molecule has 0 atom stereocenters. The molecule has 1 aliphatic rings. The molecular weight excluding hydrogens is 328 g/mol. The number of benzene rings is 2. The molecule has 0 amide bonds. The highest BCUT2D eigenvalue weighted by molar-refractivity contribution is 6.06. The number of hydrogen-bond donors (Lipinski definition) is 1. The summed E-state index contributed by atoms with van der Waals surface area (Å²) in [5.41, 5.74) is 9.86. The fraction of sp³-hybridized carbons (Fsp3) is 0.200. The summed E-state index contributed by atoms with van der Waals surface area (Å²) >= 11 is 0. The van der Waals surface area contributed by atoms with Crippen LogP contribution in [-0.2, 0) is 4.74 Å². The second-order valence-corrected chi connectivity index (χ2v) is 6.37. The second-order valence-electron chi connectivity index (χ2n) is 6.37. The van der Waals surface area contributed by atoms with Crippen LogP contribution < -0.4 is 10.6 Å². The molecule has 2 N–H and O–H groups in total. The number of morpholine rings is 1. The topological polar surface area (TPSA) is 77.4 Å². The van der Waals surface area contributed by atoms with Gasteiger partial charge in [0.15, 0.2) is 17.2 Å². The number of ether oxygens (including phenoxy) is 1. The van der Waals surface area contributed by atoms with Crippen molar-refractivity contribution in [3.63, 3.8) is 0 Å². The molecule has 130 valence electrons. The maximum absolute atomic E-state index is 6.12. The van der Waals surface area contributed by atoms with E-state index >= 15 is 0 Å². The Morgan fingerprint density at radius 1 is 0.923 bits per heavy atom. The van der Waals surface area contributed by atoms with E-state index in [0.717, 1.165) is 52.2 Å². The zero-order chi connectivity index (χ0) is 17.5. The Labute approximate surface area is 150 Å². The molecular formula is C20H18N4O2. The first-order valence-corrected chi connectivity index (χ1v) is 8.67. The first-order valence-electron chi connectivity index (χ1n) is 8.67. The molecule has 26 heavy (non-hydrogen) atoms. The van der Waals surface area contributed by atoms with Crippen molar-refractivity contribution in [2.75, 3.05) is 36.9 Å². The minimum Gasteiger partial charge on any atom is -0.450 e. The summed E-state index contributed by atoms with van der Waals surface area (Å²) in [7, 11) is 0. The molecule has 6 heteroatoms. The van der Waals surface area contributed by atoms with Crippen LogP contribution in [0.4, 0.5) is 11.5 Å². The summed E-state index contributed by atoms with van der Waals surface area (Å²) in [4.78, 5) is 11.9. The van der Waals surface area contributed by atoms with Crippen molar-refractivity contribution in [1.29, 1.82) is 0 Å². The van der Waals surface area contributed by atoms with Crippen LogP contribution in [0.5, 0.6) is 0 Å². The predicted molar refractivity (Wildman–Crippen MR) is 102 cm³/mol. The number of furan rings is 1. The number of aromatic nitrogens is 2. The number of rotatable bonds is 2. The summed E-state index contributed by atoms with van der Waals surface area (Å²) < 4.78 is 11.6. The zero-order valence-electron chi connectivity index (χ0n) is 14.2. The van der Waals surface area contributed by atoms with Crippen LogP contribution in [0.25, 0.3) is 33.5 Å². The first-order chi connectivity index (χ1) is 12.8.